The molecule has 0 heterocycles. The lowest BCUT2D eigenvalue weighted by molar-refractivity contribution is -0.121. The Bertz CT molecular complexity index is 355. The van der Waals surface area contributed by atoms with Gasteiger partial charge in [-0.3, -0.25) is 4.79 Å². The molecule has 4 heteroatoms. The smallest absolute Gasteiger partial charge is 0.220 e. The summed E-state index contributed by atoms with van der Waals surface area (Å²) in [7, 11) is 1.64. The number of hydrogen-bond acceptors (Lipinski definition) is 2. The van der Waals surface area contributed by atoms with Gasteiger partial charge in [-0.15, -0.1) is 0 Å². The fraction of sp³-hybridized carbons (Fsp3) is 0.462. The van der Waals surface area contributed by atoms with E-state index in [0.29, 0.717) is 13.0 Å². The second-order valence-electron chi connectivity index (χ2n) is 3.73. The molecule has 0 fully saturated rings. The van der Waals surface area contributed by atoms with Crippen molar-refractivity contribution in [3.05, 3.63) is 29.8 Å². The molecule has 0 unspecified atom stereocenters. The molecule has 1 N–H and O–H groups in total. The zero-order chi connectivity index (χ0) is 12.5. The van der Waals surface area contributed by atoms with Gasteiger partial charge in [0.05, 0.1) is 7.11 Å². The van der Waals surface area contributed by atoms with Crippen LogP contribution in [0.4, 0.5) is 0 Å². The van der Waals surface area contributed by atoms with Crippen LogP contribution in [-0.4, -0.2) is 18.3 Å². The summed E-state index contributed by atoms with van der Waals surface area (Å²) in [5.74, 6) is 0.908. The first-order valence-electron chi connectivity index (χ1n) is 5.72. The summed E-state index contributed by atoms with van der Waals surface area (Å²) >= 11 is 3.35. The molecule has 0 saturated carbocycles. The van der Waals surface area contributed by atoms with Gasteiger partial charge in [0, 0.05) is 23.9 Å². The highest BCUT2D eigenvalue weighted by molar-refractivity contribution is 9.09. The Kier molecular flexibility index (Phi) is 6.70. The van der Waals surface area contributed by atoms with Crippen molar-refractivity contribution >= 4 is 21.8 Å². The van der Waals surface area contributed by atoms with Gasteiger partial charge in [0.2, 0.25) is 5.91 Å². The average Bonchev–Trinajstić information content (AvgIpc) is 2.37. The fourth-order valence-electron chi connectivity index (χ4n) is 1.51. The third kappa shape index (κ3) is 5.22. The molecule has 1 rings (SSSR count). The quantitative estimate of drug-likeness (QED) is 0.621. The van der Waals surface area contributed by atoms with Gasteiger partial charge in [-0.1, -0.05) is 34.1 Å². The number of unbranched alkanes of at least 4 members (excludes halogenated alkanes) is 1. The third-order valence-corrected chi connectivity index (χ3v) is 3.02. The topological polar surface area (TPSA) is 38.3 Å². The van der Waals surface area contributed by atoms with Gasteiger partial charge < -0.3 is 10.1 Å². The number of methoxy groups -OCH3 is 1. The van der Waals surface area contributed by atoms with Crippen LogP contribution in [-0.2, 0) is 11.3 Å². The minimum Gasteiger partial charge on any atom is -0.496 e. The van der Waals surface area contributed by atoms with Gasteiger partial charge in [-0.25, -0.2) is 0 Å². The van der Waals surface area contributed by atoms with Crippen LogP contribution >= 0.6 is 15.9 Å². The molecule has 3 nitrogen and oxygen atoms in total. The molecule has 17 heavy (non-hydrogen) atoms. The van der Waals surface area contributed by atoms with Gasteiger partial charge in [-0.2, -0.15) is 0 Å². The first kappa shape index (κ1) is 14.0. The summed E-state index contributed by atoms with van der Waals surface area (Å²) < 4.78 is 5.22. The van der Waals surface area contributed by atoms with Crippen molar-refractivity contribution < 1.29 is 9.53 Å². The number of para-hydroxylation sites is 1. The lowest BCUT2D eigenvalue weighted by atomic mass is 10.2. The minimum atomic E-state index is 0.0943. The molecule has 94 valence electrons. The molecule has 0 radical (unpaired) electrons. The van der Waals surface area contributed by atoms with Crippen molar-refractivity contribution in [3.8, 4) is 5.75 Å². The second kappa shape index (κ2) is 8.12. The number of nitrogens with one attached hydrogen (secondary N) is 1. The molecule has 0 aromatic heterocycles. The van der Waals surface area contributed by atoms with E-state index >= 15 is 0 Å². The minimum absolute atomic E-state index is 0.0943. The summed E-state index contributed by atoms with van der Waals surface area (Å²) in [5, 5.41) is 3.85. The lowest BCUT2D eigenvalue weighted by Crippen LogP contribution is -2.22. The number of carbonyl (C=O) groups is 1. The Morgan fingerprint density at radius 1 is 1.35 bits per heavy atom. The molecule has 0 bridgehead atoms. The fourth-order valence-corrected chi connectivity index (χ4v) is 1.91. The van der Waals surface area contributed by atoms with Crippen molar-refractivity contribution in [2.45, 2.75) is 25.8 Å². The standard InChI is InChI=1S/C13H18BrNO2/c1-17-12-7-3-2-6-11(12)10-15-13(16)8-4-5-9-14/h2-3,6-7H,4-5,8-10H2,1H3,(H,15,16). The summed E-state index contributed by atoms with van der Waals surface area (Å²) in [6.45, 7) is 0.525. The van der Waals surface area contributed by atoms with Gasteiger partial charge >= 0.3 is 0 Å². The van der Waals surface area contributed by atoms with Crippen LogP contribution in [0.1, 0.15) is 24.8 Å². The molecule has 0 aliphatic heterocycles. The molecular weight excluding hydrogens is 282 g/mol. The highest BCUT2D eigenvalue weighted by atomic mass is 79.9. The van der Waals surface area contributed by atoms with E-state index < -0.39 is 0 Å². The number of carbonyl (C=O) groups excluding carboxylic acids is 1. The summed E-state index contributed by atoms with van der Waals surface area (Å²) in [4.78, 5) is 11.5. The van der Waals surface area contributed by atoms with Gasteiger partial charge in [0.1, 0.15) is 5.75 Å². The van der Waals surface area contributed by atoms with E-state index in [9.17, 15) is 4.79 Å². The molecule has 0 spiro atoms. The first-order chi connectivity index (χ1) is 8.27. The number of ether oxygens (including phenoxy) is 1. The maximum atomic E-state index is 11.5. The Balaban J connectivity index is 2.36. The summed E-state index contributed by atoms with van der Waals surface area (Å²) in [6, 6.07) is 7.71. The molecule has 0 atom stereocenters. The highest BCUT2D eigenvalue weighted by Gasteiger charge is 2.04. The van der Waals surface area contributed by atoms with Crippen molar-refractivity contribution in [2.24, 2.45) is 0 Å². The summed E-state index contributed by atoms with van der Waals surface area (Å²) in [6.07, 6.45) is 2.53. The normalized spacial score (nSPS) is 10.0. The van der Waals surface area contributed by atoms with Crippen molar-refractivity contribution in [1.82, 2.24) is 5.32 Å². The highest BCUT2D eigenvalue weighted by Crippen LogP contribution is 2.16. The summed E-state index contributed by atoms with van der Waals surface area (Å²) in [5.41, 5.74) is 1.00. The molecule has 1 amide bonds. The van der Waals surface area contributed by atoms with E-state index in [-0.39, 0.29) is 5.91 Å². The van der Waals surface area contributed by atoms with Crippen molar-refractivity contribution in [2.75, 3.05) is 12.4 Å². The number of benzene rings is 1. The lowest BCUT2D eigenvalue weighted by Gasteiger charge is -2.09. The van der Waals surface area contributed by atoms with Gasteiger partial charge in [0.25, 0.3) is 0 Å². The number of alkyl halides is 1. The molecular formula is C13H18BrNO2. The van der Waals surface area contributed by atoms with Crippen LogP contribution in [0.5, 0.6) is 5.75 Å². The molecule has 0 aliphatic rings. The maximum Gasteiger partial charge on any atom is 0.220 e. The number of halogens is 1. The number of hydrogen-bond donors (Lipinski definition) is 1. The maximum absolute atomic E-state index is 11.5. The van der Waals surface area contributed by atoms with Crippen LogP contribution in [0.15, 0.2) is 24.3 Å². The Morgan fingerprint density at radius 2 is 2.12 bits per heavy atom. The second-order valence-corrected chi connectivity index (χ2v) is 4.53. The molecule has 1 aromatic rings. The number of amides is 1. The van der Waals surface area contributed by atoms with Crippen molar-refractivity contribution in [3.63, 3.8) is 0 Å². The Hall–Kier alpha value is -1.03. The van der Waals surface area contributed by atoms with Crippen LogP contribution in [0.3, 0.4) is 0 Å². The predicted molar refractivity (Wildman–Crippen MR) is 72.5 cm³/mol. The molecule has 0 aliphatic carbocycles. The van der Waals surface area contributed by atoms with Crippen LogP contribution in [0, 0.1) is 0 Å². The van der Waals surface area contributed by atoms with E-state index in [2.05, 4.69) is 21.2 Å². The Morgan fingerprint density at radius 3 is 2.82 bits per heavy atom. The molecule has 0 saturated heterocycles. The van der Waals surface area contributed by atoms with E-state index in [4.69, 9.17) is 4.74 Å². The monoisotopic (exact) mass is 299 g/mol. The van der Waals surface area contributed by atoms with E-state index in [1.54, 1.807) is 7.11 Å². The Labute approximate surface area is 111 Å². The SMILES string of the molecule is COc1ccccc1CNC(=O)CCCCBr. The average molecular weight is 300 g/mol. The van der Waals surface area contributed by atoms with Crippen LogP contribution in [0.2, 0.25) is 0 Å². The zero-order valence-electron chi connectivity index (χ0n) is 10.0. The van der Waals surface area contributed by atoms with Crippen molar-refractivity contribution in [1.29, 1.82) is 0 Å². The van der Waals surface area contributed by atoms with Gasteiger partial charge in [-0.05, 0) is 18.9 Å². The largest absolute Gasteiger partial charge is 0.496 e. The first-order valence-corrected chi connectivity index (χ1v) is 6.84. The predicted octanol–water partition coefficient (Wildman–Crippen LogP) is 2.88. The van der Waals surface area contributed by atoms with E-state index in [1.807, 2.05) is 24.3 Å². The zero-order valence-corrected chi connectivity index (χ0v) is 11.6. The van der Waals surface area contributed by atoms with E-state index in [0.717, 1.165) is 29.5 Å². The molecule has 1 aromatic carbocycles. The van der Waals surface area contributed by atoms with Gasteiger partial charge in [0.15, 0.2) is 0 Å². The van der Waals surface area contributed by atoms with Crippen LogP contribution < -0.4 is 10.1 Å². The van der Waals surface area contributed by atoms with E-state index in [1.165, 1.54) is 0 Å². The number of rotatable bonds is 7. The van der Waals surface area contributed by atoms with Crippen LogP contribution in [0.25, 0.3) is 0 Å². The third-order valence-electron chi connectivity index (χ3n) is 2.46.